The molecule has 0 spiro atoms. The van der Waals surface area contributed by atoms with Gasteiger partial charge in [0, 0.05) is 75.5 Å². The van der Waals surface area contributed by atoms with Gasteiger partial charge in [0.1, 0.15) is 23.5 Å². The molecule has 0 bridgehead atoms. The smallest absolute Gasteiger partial charge is 0.255 e. The average molecular weight is 834 g/mol. The van der Waals surface area contributed by atoms with Crippen molar-refractivity contribution in [1.82, 2.24) is 30.8 Å². The van der Waals surface area contributed by atoms with Gasteiger partial charge < -0.3 is 40.1 Å². The summed E-state index contributed by atoms with van der Waals surface area (Å²) < 4.78 is 11.4. The van der Waals surface area contributed by atoms with Gasteiger partial charge >= 0.3 is 0 Å². The molecule has 4 heterocycles. The lowest BCUT2D eigenvalue weighted by atomic mass is 10.0. The second-order valence-corrected chi connectivity index (χ2v) is 15.7. The molecule has 7 rings (SSSR count). The minimum atomic E-state index is -0.651. The third-order valence-corrected chi connectivity index (χ3v) is 11.7. The quantitative estimate of drug-likeness (QED) is 0.0870. The van der Waals surface area contributed by atoms with Crippen LogP contribution in [0.25, 0.3) is 0 Å². The van der Waals surface area contributed by atoms with Crippen molar-refractivity contribution in [2.75, 3.05) is 62.1 Å². The molecule has 16 nitrogen and oxygen atoms in total. The normalized spacial score (nSPS) is 18.7. The van der Waals surface area contributed by atoms with Crippen LogP contribution in [0.15, 0.2) is 42.6 Å². The zero-order valence-corrected chi connectivity index (χ0v) is 35.2. The second-order valence-electron chi connectivity index (χ2n) is 15.7. The summed E-state index contributed by atoms with van der Waals surface area (Å²) in [5.74, 6) is 6.89. The van der Waals surface area contributed by atoms with Gasteiger partial charge in [0.05, 0.1) is 19.0 Å². The van der Waals surface area contributed by atoms with Gasteiger partial charge in [0.15, 0.2) is 5.82 Å². The highest BCUT2D eigenvalue weighted by Gasteiger charge is 2.42. The Kier molecular flexibility index (Phi) is 14.1. The van der Waals surface area contributed by atoms with Crippen LogP contribution in [0.2, 0.25) is 0 Å². The number of imide groups is 1. The largest absolute Gasteiger partial charge is 0.495 e. The first-order chi connectivity index (χ1) is 29.7. The van der Waals surface area contributed by atoms with E-state index < -0.39 is 11.9 Å². The molecule has 1 aliphatic carbocycles. The fourth-order valence-electron chi connectivity index (χ4n) is 8.52. The fourth-order valence-corrected chi connectivity index (χ4v) is 8.52. The van der Waals surface area contributed by atoms with Gasteiger partial charge in [-0.25, -0.2) is 4.98 Å². The summed E-state index contributed by atoms with van der Waals surface area (Å²) in [7, 11) is 3.33. The highest BCUT2D eigenvalue weighted by molar-refractivity contribution is 6.06. The minimum Gasteiger partial charge on any atom is -0.495 e. The number of ether oxygens (including phenoxy) is 2. The van der Waals surface area contributed by atoms with E-state index >= 15 is 0 Å². The van der Waals surface area contributed by atoms with Crippen molar-refractivity contribution in [2.45, 2.75) is 95.8 Å². The molecule has 2 atom stereocenters. The Morgan fingerprint density at radius 2 is 1.82 bits per heavy atom. The number of hydrogen-bond acceptors (Lipinski definition) is 12. The van der Waals surface area contributed by atoms with Gasteiger partial charge in [0.25, 0.3) is 11.8 Å². The van der Waals surface area contributed by atoms with Gasteiger partial charge in [-0.2, -0.15) is 4.98 Å². The Labute approximate surface area is 356 Å². The summed E-state index contributed by atoms with van der Waals surface area (Å²) >= 11 is 0. The molecule has 3 aliphatic heterocycles. The van der Waals surface area contributed by atoms with Gasteiger partial charge in [-0.15, -0.1) is 0 Å². The number of carbonyl (C=O) groups is 5. The van der Waals surface area contributed by atoms with Crippen molar-refractivity contribution in [1.29, 1.82) is 0 Å². The topological polar surface area (TPSA) is 187 Å². The molecule has 2 fully saturated rings. The molecule has 1 unspecified atom stereocenters. The van der Waals surface area contributed by atoms with E-state index in [9.17, 15) is 24.0 Å². The molecule has 5 amide bonds. The average Bonchev–Trinajstić information content (AvgIpc) is 3.92. The number of carbonyl (C=O) groups excluding carboxylic acids is 5. The lowest BCUT2D eigenvalue weighted by Crippen LogP contribution is -2.55. The molecule has 4 N–H and O–H groups in total. The van der Waals surface area contributed by atoms with E-state index in [0.29, 0.717) is 92.7 Å². The van der Waals surface area contributed by atoms with E-state index in [1.165, 1.54) is 4.90 Å². The van der Waals surface area contributed by atoms with E-state index in [4.69, 9.17) is 14.5 Å². The van der Waals surface area contributed by atoms with E-state index in [0.717, 1.165) is 55.6 Å². The third-order valence-electron chi connectivity index (χ3n) is 11.7. The number of methoxy groups -OCH3 is 1. The number of nitrogens with zero attached hydrogens (tertiary/aromatic N) is 5. The number of amides is 5. The van der Waals surface area contributed by atoms with Gasteiger partial charge in [-0.3, -0.25) is 29.3 Å². The molecular formula is C45H55N9O7. The van der Waals surface area contributed by atoms with Crippen molar-refractivity contribution in [3.63, 3.8) is 0 Å². The van der Waals surface area contributed by atoms with E-state index in [1.807, 2.05) is 13.0 Å². The Morgan fingerprint density at radius 3 is 2.59 bits per heavy atom. The number of aromatic nitrogens is 2. The molecule has 61 heavy (non-hydrogen) atoms. The first kappa shape index (κ1) is 43.1. The van der Waals surface area contributed by atoms with Crippen LogP contribution in [0, 0.1) is 11.8 Å². The molecule has 1 saturated heterocycles. The van der Waals surface area contributed by atoms with Gasteiger partial charge in [0.2, 0.25) is 23.7 Å². The summed E-state index contributed by atoms with van der Waals surface area (Å²) in [5, 5.41) is 11.9. The van der Waals surface area contributed by atoms with E-state index in [-0.39, 0.29) is 42.1 Å². The van der Waals surface area contributed by atoms with E-state index in [1.54, 1.807) is 55.6 Å². The van der Waals surface area contributed by atoms with Crippen LogP contribution in [0.5, 0.6) is 5.75 Å². The zero-order valence-electron chi connectivity index (χ0n) is 35.2. The molecule has 322 valence electrons. The predicted molar refractivity (Wildman–Crippen MR) is 230 cm³/mol. The highest BCUT2D eigenvalue weighted by atomic mass is 16.5. The van der Waals surface area contributed by atoms with Crippen LogP contribution in [0.3, 0.4) is 0 Å². The number of fused-ring (bicyclic) bond motifs is 2. The Balaban J connectivity index is 0.791. The third kappa shape index (κ3) is 9.79. The first-order valence-electron chi connectivity index (χ1n) is 21.4. The molecule has 0 radical (unpaired) electrons. The monoisotopic (exact) mass is 833 g/mol. The van der Waals surface area contributed by atoms with Gasteiger partial charge in [-0.1, -0.05) is 37.7 Å². The zero-order chi connectivity index (χ0) is 42.9. The van der Waals surface area contributed by atoms with Crippen molar-refractivity contribution in [3.05, 3.63) is 64.8 Å². The summed E-state index contributed by atoms with van der Waals surface area (Å²) in [4.78, 5) is 78.1. The number of piperidine rings is 1. The number of rotatable bonds is 17. The predicted octanol–water partition coefficient (Wildman–Crippen LogP) is 4.05. The highest BCUT2D eigenvalue weighted by Crippen LogP contribution is 2.40. The SMILES string of the molecule is CC[C@@H]1C(=O)N(C)c2cnc(Nc3ccc(C(=O)NCCCOCCCNCCC#Cc4cccc5c4CN(C4CCC(=O)NC4=O)C5=O)cc3OC)nc2N1C1CCCC1. The fraction of sp³-hybridized carbons (Fsp3) is 0.489. The lowest BCUT2D eigenvalue weighted by Gasteiger charge is -2.43. The summed E-state index contributed by atoms with van der Waals surface area (Å²) in [6.07, 6.45) is 9.40. The van der Waals surface area contributed by atoms with E-state index in [2.05, 4.69) is 43.0 Å². The van der Waals surface area contributed by atoms with Gasteiger partial charge in [-0.05, 0) is 81.0 Å². The van der Waals surface area contributed by atoms with Crippen LogP contribution >= 0.6 is 0 Å². The summed E-state index contributed by atoms with van der Waals surface area (Å²) in [5.41, 5.74) is 3.92. The molecule has 2 aromatic carbocycles. The summed E-state index contributed by atoms with van der Waals surface area (Å²) in [6, 6.07) is 9.99. The minimum absolute atomic E-state index is 0.0635. The maximum atomic E-state index is 13.2. The molecule has 16 heteroatoms. The Hall–Kier alpha value is -6.05. The van der Waals surface area contributed by atoms with Crippen molar-refractivity contribution in [3.8, 4) is 17.6 Å². The standard InChI is InChI=1S/C45H55N9O7/c1-4-35-44(59)52(2)37-27-48-45(51-40(37)54(35)31-14-5-6-15-31)49-34-18-17-30(26-38(34)60-3)41(56)47-23-11-25-61-24-10-22-46-21-8-7-12-29-13-9-16-32-33(29)28-53(43(32)58)36-19-20-39(55)50-42(36)57/h9,13,16-18,26-27,31,35-36,46H,4-6,8,10-11,14-15,19-25,28H2,1-3H3,(H,47,56)(H,48,49,51)(H,50,55,57)/t35-,36?/m1/s1. The number of nitrogens with one attached hydrogen (secondary N) is 4. The second kappa shape index (κ2) is 20.0. The number of hydrogen-bond donors (Lipinski definition) is 4. The maximum Gasteiger partial charge on any atom is 0.255 e. The lowest BCUT2D eigenvalue weighted by molar-refractivity contribution is -0.137. The van der Waals surface area contributed by atoms with Crippen LogP contribution in [0.4, 0.5) is 23.1 Å². The molecule has 1 aromatic heterocycles. The molecule has 1 saturated carbocycles. The first-order valence-corrected chi connectivity index (χ1v) is 21.4. The van der Waals surface area contributed by atoms with Crippen LogP contribution in [-0.2, 0) is 25.7 Å². The van der Waals surface area contributed by atoms with Crippen LogP contribution in [0.1, 0.15) is 103 Å². The van der Waals surface area contributed by atoms with Crippen molar-refractivity contribution in [2.24, 2.45) is 0 Å². The van der Waals surface area contributed by atoms with Crippen LogP contribution in [-0.4, -0.2) is 110 Å². The van der Waals surface area contributed by atoms with Crippen LogP contribution < -0.4 is 35.8 Å². The maximum absolute atomic E-state index is 13.2. The number of anilines is 4. The molecule has 4 aliphatic rings. The molecular weight excluding hydrogens is 779 g/mol. The summed E-state index contributed by atoms with van der Waals surface area (Å²) in [6.45, 7) is 5.39. The van der Waals surface area contributed by atoms with Crippen molar-refractivity contribution >= 4 is 52.7 Å². The Bertz CT molecular complexity index is 2200. The number of likely N-dealkylation sites (N-methyl/N-ethyl adjacent to an activating group) is 1. The number of benzene rings is 2. The molecule has 3 aromatic rings. The van der Waals surface area contributed by atoms with Crippen molar-refractivity contribution < 1.29 is 33.4 Å². The Morgan fingerprint density at radius 1 is 1.02 bits per heavy atom.